The number of hydrogen-bond acceptors (Lipinski definition) is 5. The first kappa shape index (κ1) is 19.4. The molecule has 1 aromatic rings. The minimum absolute atomic E-state index is 0.0538. The van der Waals surface area contributed by atoms with Gasteiger partial charge < -0.3 is 14.6 Å². The molecule has 0 amide bonds. The van der Waals surface area contributed by atoms with Crippen molar-refractivity contribution >= 4 is 45.9 Å². The lowest BCUT2D eigenvalue weighted by Crippen LogP contribution is -2.22. The Morgan fingerprint density at radius 3 is 2.67 bits per heavy atom. The maximum absolute atomic E-state index is 14.2. The molecule has 1 aromatic carbocycles. The zero-order chi connectivity index (χ0) is 18.1. The summed E-state index contributed by atoms with van der Waals surface area (Å²) in [5.74, 6) is -2.58. The van der Waals surface area contributed by atoms with Gasteiger partial charge in [-0.25, -0.2) is 4.39 Å². The van der Waals surface area contributed by atoms with Gasteiger partial charge in [-0.3, -0.25) is 9.59 Å². The van der Waals surface area contributed by atoms with Crippen LogP contribution in [0.2, 0.25) is 5.02 Å². The number of hydrogen-bond donors (Lipinski definition) is 1. The van der Waals surface area contributed by atoms with Gasteiger partial charge in [-0.1, -0.05) is 41.1 Å². The van der Waals surface area contributed by atoms with E-state index in [1.165, 1.54) is 13.2 Å². The number of carbonyl (C=O) groups excluding carboxylic acids is 2. The molecule has 24 heavy (non-hydrogen) atoms. The Labute approximate surface area is 157 Å². The maximum Gasteiger partial charge on any atom is 0.306 e. The molecule has 0 saturated heterocycles. The molecule has 2 rings (SSSR count). The number of ether oxygens (including phenoxy) is 2. The molecule has 0 radical (unpaired) electrons. The lowest BCUT2D eigenvalue weighted by Gasteiger charge is -2.15. The fourth-order valence-corrected chi connectivity index (χ4v) is 3.35. The van der Waals surface area contributed by atoms with Crippen LogP contribution in [-0.4, -0.2) is 40.1 Å². The fourth-order valence-electron chi connectivity index (χ4n) is 2.15. The zero-order valence-electron chi connectivity index (χ0n) is 13.1. The largest absolute Gasteiger partial charge is 0.486 e. The number of esters is 1. The first-order valence-electron chi connectivity index (χ1n) is 7.27. The van der Waals surface area contributed by atoms with E-state index in [1.807, 2.05) is 0 Å². The topological polar surface area (TPSA) is 72.8 Å². The Morgan fingerprint density at radius 2 is 2.17 bits per heavy atom. The lowest BCUT2D eigenvalue weighted by atomic mass is 9.96. The molecule has 3 atom stereocenters. The van der Waals surface area contributed by atoms with E-state index in [-0.39, 0.29) is 33.3 Å². The number of rotatable bonds is 7. The molecule has 1 saturated carbocycles. The molecule has 3 unspecified atom stereocenters. The fraction of sp³-hybridized carbons (Fsp3) is 0.500. The Balaban J connectivity index is 2.10. The highest BCUT2D eigenvalue weighted by molar-refractivity contribution is 14.1. The molecule has 1 aliphatic carbocycles. The third-order valence-electron chi connectivity index (χ3n) is 3.85. The summed E-state index contributed by atoms with van der Waals surface area (Å²) in [6, 6.07) is 2.32. The van der Waals surface area contributed by atoms with Crippen LogP contribution in [0.25, 0.3) is 0 Å². The molecule has 0 spiro atoms. The maximum atomic E-state index is 14.2. The zero-order valence-corrected chi connectivity index (χ0v) is 16.1. The Kier molecular flexibility index (Phi) is 6.09. The average Bonchev–Trinajstić information content (AvgIpc) is 3.12. The van der Waals surface area contributed by atoms with Gasteiger partial charge in [-0.2, -0.15) is 0 Å². The smallest absolute Gasteiger partial charge is 0.306 e. The van der Waals surface area contributed by atoms with Gasteiger partial charge in [0.15, 0.2) is 17.3 Å². The number of aliphatic hydroxyl groups is 1. The molecular weight excluding hydrogens is 454 g/mol. The summed E-state index contributed by atoms with van der Waals surface area (Å²) in [5.41, 5.74) is -0.905. The number of carbonyl (C=O) groups is 2. The molecule has 0 heterocycles. The van der Waals surface area contributed by atoms with Gasteiger partial charge in [0.2, 0.25) is 0 Å². The summed E-state index contributed by atoms with van der Waals surface area (Å²) in [4.78, 5) is 23.5. The third-order valence-corrected chi connectivity index (χ3v) is 5.73. The van der Waals surface area contributed by atoms with Crippen molar-refractivity contribution < 1.29 is 28.6 Å². The molecule has 8 heteroatoms. The monoisotopic (exact) mass is 470 g/mol. The number of ketones is 1. The lowest BCUT2D eigenvalue weighted by molar-refractivity contribution is -0.141. The number of halogens is 3. The highest BCUT2D eigenvalue weighted by atomic mass is 127. The van der Waals surface area contributed by atoms with E-state index in [2.05, 4.69) is 27.3 Å². The average molecular weight is 471 g/mol. The summed E-state index contributed by atoms with van der Waals surface area (Å²) in [6.45, 7) is 1.49. The van der Waals surface area contributed by atoms with Crippen molar-refractivity contribution in [1.82, 2.24) is 0 Å². The van der Waals surface area contributed by atoms with Crippen molar-refractivity contribution in [2.24, 2.45) is 5.92 Å². The number of benzene rings is 1. The van der Waals surface area contributed by atoms with Gasteiger partial charge >= 0.3 is 5.97 Å². The minimum atomic E-state index is -0.958. The summed E-state index contributed by atoms with van der Waals surface area (Å²) in [7, 11) is 1.23. The molecule has 1 N–H and O–H groups in total. The van der Waals surface area contributed by atoms with E-state index in [0.717, 1.165) is 6.07 Å². The highest BCUT2D eigenvalue weighted by Gasteiger charge is 2.52. The first-order chi connectivity index (χ1) is 11.2. The van der Waals surface area contributed by atoms with E-state index in [4.69, 9.17) is 16.3 Å². The second-order valence-electron chi connectivity index (χ2n) is 5.88. The van der Waals surface area contributed by atoms with Crippen LogP contribution in [0.1, 0.15) is 30.1 Å². The summed E-state index contributed by atoms with van der Waals surface area (Å²) >= 11 is 8.10. The normalized spacial score (nSPS) is 23.5. The van der Waals surface area contributed by atoms with Gasteiger partial charge in [0.05, 0.1) is 18.6 Å². The van der Waals surface area contributed by atoms with Gasteiger partial charge in [0.1, 0.15) is 12.2 Å². The van der Waals surface area contributed by atoms with Crippen molar-refractivity contribution in [2.45, 2.75) is 29.3 Å². The molecule has 0 aliphatic heterocycles. The Morgan fingerprint density at radius 1 is 1.54 bits per heavy atom. The van der Waals surface area contributed by atoms with Crippen LogP contribution in [0.15, 0.2) is 12.1 Å². The van der Waals surface area contributed by atoms with Crippen LogP contribution in [0, 0.1) is 11.7 Å². The minimum Gasteiger partial charge on any atom is -0.486 e. The number of methoxy groups -OCH3 is 1. The molecule has 132 valence electrons. The summed E-state index contributed by atoms with van der Waals surface area (Å²) in [6.07, 6.45) is 0.477. The van der Waals surface area contributed by atoms with Crippen LogP contribution in [0.3, 0.4) is 0 Å². The second-order valence-corrected chi connectivity index (χ2v) is 7.79. The first-order valence-corrected chi connectivity index (χ1v) is 8.89. The summed E-state index contributed by atoms with van der Waals surface area (Å²) < 4.78 is 24.1. The predicted molar refractivity (Wildman–Crippen MR) is 94.4 cm³/mol. The molecular formula is C16H17ClFIO5. The van der Waals surface area contributed by atoms with Gasteiger partial charge in [0.25, 0.3) is 0 Å². The Hall–Kier alpha value is -0.930. The van der Waals surface area contributed by atoms with Crippen LogP contribution in [0.4, 0.5) is 4.39 Å². The van der Waals surface area contributed by atoms with E-state index < -0.39 is 29.1 Å². The quantitative estimate of drug-likeness (QED) is 0.287. The standard InChI is InChI=1S/C16H17ClFIO5/c1-8(3-13(20)23-2)14(21)9-4-10(17)15(11(18)5-9)24-7-16(22)6-12(16)19/h4-5,8,12,22H,3,6-7H2,1-2H3. The van der Waals surface area contributed by atoms with Gasteiger partial charge in [-0.15, -0.1) is 0 Å². The summed E-state index contributed by atoms with van der Waals surface area (Å²) in [5, 5.41) is 9.91. The van der Waals surface area contributed by atoms with Crippen molar-refractivity contribution in [2.75, 3.05) is 13.7 Å². The molecule has 5 nitrogen and oxygen atoms in total. The molecule has 1 aliphatic rings. The van der Waals surface area contributed by atoms with Crippen molar-refractivity contribution in [3.05, 3.63) is 28.5 Å². The van der Waals surface area contributed by atoms with Crippen LogP contribution >= 0.6 is 34.2 Å². The van der Waals surface area contributed by atoms with Crippen molar-refractivity contribution in [3.8, 4) is 5.75 Å². The van der Waals surface area contributed by atoms with Crippen LogP contribution < -0.4 is 4.74 Å². The highest BCUT2D eigenvalue weighted by Crippen LogP contribution is 2.43. The van der Waals surface area contributed by atoms with Gasteiger partial charge in [0, 0.05) is 15.4 Å². The van der Waals surface area contributed by atoms with Crippen LogP contribution in [-0.2, 0) is 9.53 Å². The number of alkyl halides is 1. The molecule has 0 bridgehead atoms. The second kappa shape index (κ2) is 7.53. The van der Waals surface area contributed by atoms with E-state index >= 15 is 0 Å². The SMILES string of the molecule is COC(=O)CC(C)C(=O)c1cc(F)c(OCC2(O)CC2I)c(Cl)c1. The Bertz CT molecular complexity index is 645. The number of Topliss-reactive ketones (excluding diaryl/α,β-unsaturated/α-hetero) is 1. The molecule has 1 fully saturated rings. The van der Waals surface area contributed by atoms with Crippen LogP contribution in [0.5, 0.6) is 5.75 Å². The van der Waals surface area contributed by atoms with Crippen molar-refractivity contribution in [1.29, 1.82) is 0 Å². The van der Waals surface area contributed by atoms with Gasteiger partial charge in [-0.05, 0) is 18.6 Å². The van der Waals surface area contributed by atoms with E-state index in [0.29, 0.717) is 6.42 Å². The third kappa shape index (κ3) is 4.37. The van der Waals surface area contributed by atoms with Crippen molar-refractivity contribution in [3.63, 3.8) is 0 Å². The van der Waals surface area contributed by atoms with E-state index in [9.17, 15) is 19.1 Å². The predicted octanol–water partition coefficient (Wildman–Crippen LogP) is 3.18. The van der Waals surface area contributed by atoms with E-state index in [1.54, 1.807) is 6.92 Å². The molecule has 0 aromatic heterocycles.